The molecule has 0 saturated heterocycles. The lowest BCUT2D eigenvalue weighted by molar-refractivity contribution is -0.116. The van der Waals surface area contributed by atoms with E-state index in [1.54, 1.807) is 0 Å². The van der Waals surface area contributed by atoms with E-state index in [0.29, 0.717) is 12.3 Å². The Morgan fingerprint density at radius 1 is 1.32 bits per heavy atom. The van der Waals surface area contributed by atoms with Gasteiger partial charge >= 0.3 is 0 Å². The predicted octanol–water partition coefficient (Wildman–Crippen LogP) is 4.23. The van der Waals surface area contributed by atoms with Gasteiger partial charge in [0.25, 0.3) is 0 Å². The van der Waals surface area contributed by atoms with Gasteiger partial charge < -0.3 is 5.32 Å². The number of anilines is 1. The number of nitrogens with zero attached hydrogens (tertiary/aromatic N) is 2. The van der Waals surface area contributed by atoms with Crippen molar-refractivity contribution in [3.05, 3.63) is 23.9 Å². The number of carbonyl (C=O) groups excluding carboxylic acids is 1. The standard InChI is InChI=1S/C18H29N3O/c1-17(2,3)14-12-15(21(20-14)18(4,5)6)19-16(22)11-13-9-7-8-10-13/h7,9,12-13H,8,10-11H2,1-6H3,(H,19,22). The summed E-state index contributed by atoms with van der Waals surface area (Å²) >= 11 is 0. The molecular weight excluding hydrogens is 274 g/mol. The minimum atomic E-state index is -0.167. The number of allylic oxidation sites excluding steroid dienone is 2. The molecule has 0 aromatic carbocycles. The van der Waals surface area contributed by atoms with Crippen molar-refractivity contribution in [2.75, 3.05) is 5.32 Å². The molecule has 0 radical (unpaired) electrons. The molecule has 0 fully saturated rings. The van der Waals surface area contributed by atoms with Crippen molar-refractivity contribution in [1.82, 2.24) is 9.78 Å². The van der Waals surface area contributed by atoms with E-state index >= 15 is 0 Å². The Morgan fingerprint density at radius 3 is 2.50 bits per heavy atom. The molecule has 1 N–H and O–H groups in total. The number of amides is 1. The van der Waals surface area contributed by atoms with E-state index in [1.165, 1.54) is 0 Å². The van der Waals surface area contributed by atoms with E-state index in [-0.39, 0.29) is 16.9 Å². The summed E-state index contributed by atoms with van der Waals surface area (Å²) in [6.45, 7) is 12.7. The third kappa shape index (κ3) is 3.99. The number of rotatable bonds is 3. The third-order valence-electron chi connectivity index (χ3n) is 3.94. The Morgan fingerprint density at radius 2 is 2.00 bits per heavy atom. The maximum Gasteiger partial charge on any atom is 0.226 e. The van der Waals surface area contributed by atoms with Gasteiger partial charge in [-0.3, -0.25) is 4.79 Å². The summed E-state index contributed by atoms with van der Waals surface area (Å²) < 4.78 is 1.93. The summed E-state index contributed by atoms with van der Waals surface area (Å²) in [5.41, 5.74) is 0.794. The zero-order valence-electron chi connectivity index (χ0n) is 14.7. The maximum atomic E-state index is 12.3. The second-order valence-corrected chi connectivity index (χ2v) is 8.27. The van der Waals surface area contributed by atoms with Crippen LogP contribution in [0.15, 0.2) is 18.2 Å². The first kappa shape index (κ1) is 16.8. The monoisotopic (exact) mass is 303 g/mol. The molecule has 2 rings (SSSR count). The lowest BCUT2D eigenvalue weighted by atomic mass is 9.92. The Kier molecular flexibility index (Phi) is 4.50. The van der Waals surface area contributed by atoms with Crippen molar-refractivity contribution < 1.29 is 4.79 Å². The molecule has 22 heavy (non-hydrogen) atoms. The van der Waals surface area contributed by atoms with Crippen LogP contribution >= 0.6 is 0 Å². The summed E-state index contributed by atoms with van der Waals surface area (Å²) in [6.07, 6.45) is 7.04. The van der Waals surface area contributed by atoms with Crippen molar-refractivity contribution in [3.63, 3.8) is 0 Å². The summed E-state index contributed by atoms with van der Waals surface area (Å²) in [4.78, 5) is 12.3. The Balaban J connectivity index is 2.19. The zero-order valence-corrected chi connectivity index (χ0v) is 14.7. The predicted molar refractivity (Wildman–Crippen MR) is 91.0 cm³/mol. The van der Waals surface area contributed by atoms with Crippen LogP contribution in [0.25, 0.3) is 0 Å². The largest absolute Gasteiger partial charge is 0.311 e. The second-order valence-electron chi connectivity index (χ2n) is 8.27. The number of carbonyl (C=O) groups is 1. The molecular formula is C18H29N3O. The minimum absolute atomic E-state index is 0.0375. The molecule has 0 spiro atoms. The summed E-state index contributed by atoms with van der Waals surface area (Å²) in [5.74, 6) is 1.25. The molecule has 1 amide bonds. The molecule has 122 valence electrons. The van der Waals surface area contributed by atoms with Crippen molar-refractivity contribution in [1.29, 1.82) is 0 Å². The van der Waals surface area contributed by atoms with Crippen LogP contribution in [0.4, 0.5) is 5.82 Å². The van der Waals surface area contributed by atoms with Crippen LogP contribution < -0.4 is 5.32 Å². The highest BCUT2D eigenvalue weighted by Crippen LogP contribution is 2.29. The van der Waals surface area contributed by atoms with Gasteiger partial charge in [-0.15, -0.1) is 0 Å². The van der Waals surface area contributed by atoms with Crippen molar-refractivity contribution in [2.45, 2.75) is 71.8 Å². The van der Waals surface area contributed by atoms with Gasteiger partial charge in [0.05, 0.1) is 11.2 Å². The highest BCUT2D eigenvalue weighted by molar-refractivity contribution is 5.90. The lowest BCUT2D eigenvalue weighted by Gasteiger charge is -2.23. The number of hydrogen-bond acceptors (Lipinski definition) is 2. The highest BCUT2D eigenvalue weighted by Gasteiger charge is 2.26. The van der Waals surface area contributed by atoms with Crippen LogP contribution in [0, 0.1) is 5.92 Å². The van der Waals surface area contributed by atoms with Gasteiger partial charge in [-0.05, 0) is 39.5 Å². The molecule has 1 aromatic heterocycles. The van der Waals surface area contributed by atoms with Gasteiger partial charge in [0.1, 0.15) is 5.82 Å². The molecule has 4 heteroatoms. The molecule has 1 aliphatic rings. The summed E-state index contributed by atoms with van der Waals surface area (Å²) in [5, 5.41) is 7.79. The van der Waals surface area contributed by atoms with Crippen LogP contribution in [0.5, 0.6) is 0 Å². The van der Waals surface area contributed by atoms with Gasteiger partial charge in [-0.2, -0.15) is 5.10 Å². The fourth-order valence-electron chi connectivity index (χ4n) is 2.65. The van der Waals surface area contributed by atoms with Crippen LogP contribution in [-0.4, -0.2) is 15.7 Å². The van der Waals surface area contributed by atoms with E-state index in [9.17, 15) is 4.79 Å². The molecule has 1 heterocycles. The normalized spacial score (nSPS) is 18.7. The SMILES string of the molecule is CC(C)(C)c1cc(NC(=O)CC2C=CCC2)n(C(C)(C)C)n1. The van der Waals surface area contributed by atoms with Gasteiger partial charge in [0.2, 0.25) is 5.91 Å². The second kappa shape index (κ2) is 5.90. The molecule has 1 unspecified atom stereocenters. The quantitative estimate of drug-likeness (QED) is 0.849. The average molecular weight is 303 g/mol. The summed E-state index contributed by atoms with van der Waals surface area (Å²) in [7, 11) is 0. The smallest absolute Gasteiger partial charge is 0.226 e. The van der Waals surface area contributed by atoms with E-state index in [1.807, 2.05) is 10.7 Å². The number of aromatic nitrogens is 2. The van der Waals surface area contributed by atoms with Gasteiger partial charge in [-0.25, -0.2) is 4.68 Å². The Labute approximate surface area is 134 Å². The fraction of sp³-hybridized carbons (Fsp3) is 0.667. The highest BCUT2D eigenvalue weighted by atomic mass is 16.1. The number of nitrogens with one attached hydrogen (secondary N) is 1. The maximum absolute atomic E-state index is 12.3. The topological polar surface area (TPSA) is 46.9 Å². The Bertz CT molecular complexity index is 570. The van der Waals surface area contributed by atoms with Gasteiger partial charge in [0.15, 0.2) is 0 Å². The van der Waals surface area contributed by atoms with Crippen molar-refractivity contribution >= 4 is 11.7 Å². The van der Waals surface area contributed by atoms with Crippen molar-refractivity contribution in [2.24, 2.45) is 5.92 Å². The van der Waals surface area contributed by atoms with E-state index in [0.717, 1.165) is 24.4 Å². The number of hydrogen-bond donors (Lipinski definition) is 1. The molecule has 0 bridgehead atoms. The molecule has 1 aliphatic carbocycles. The van der Waals surface area contributed by atoms with Crippen LogP contribution in [0.3, 0.4) is 0 Å². The third-order valence-corrected chi connectivity index (χ3v) is 3.94. The molecule has 1 aromatic rings. The minimum Gasteiger partial charge on any atom is -0.311 e. The van der Waals surface area contributed by atoms with Crippen molar-refractivity contribution in [3.8, 4) is 0 Å². The van der Waals surface area contributed by atoms with E-state index in [4.69, 9.17) is 5.10 Å². The van der Waals surface area contributed by atoms with E-state index < -0.39 is 0 Å². The zero-order chi connectivity index (χ0) is 16.5. The average Bonchev–Trinajstić information content (AvgIpc) is 2.95. The van der Waals surface area contributed by atoms with Crippen LogP contribution in [0.1, 0.15) is 66.5 Å². The lowest BCUT2D eigenvalue weighted by Crippen LogP contribution is -2.27. The first-order valence-electron chi connectivity index (χ1n) is 8.15. The fourth-order valence-corrected chi connectivity index (χ4v) is 2.65. The summed E-state index contributed by atoms with van der Waals surface area (Å²) in [6, 6.07) is 2.01. The molecule has 1 atom stereocenters. The first-order chi connectivity index (χ1) is 10.1. The Hall–Kier alpha value is -1.58. The molecule has 4 nitrogen and oxygen atoms in total. The van der Waals surface area contributed by atoms with Gasteiger partial charge in [0, 0.05) is 17.9 Å². The van der Waals surface area contributed by atoms with Gasteiger partial charge in [-0.1, -0.05) is 32.9 Å². The van der Waals surface area contributed by atoms with Crippen LogP contribution in [-0.2, 0) is 15.7 Å². The first-order valence-corrected chi connectivity index (χ1v) is 8.15. The van der Waals surface area contributed by atoms with E-state index in [2.05, 4.69) is 59.0 Å². The molecule has 0 saturated carbocycles. The van der Waals surface area contributed by atoms with Crippen LogP contribution in [0.2, 0.25) is 0 Å². The molecule has 0 aliphatic heterocycles.